The van der Waals surface area contributed by atoms with E-state index in [1.807, 2.05) is 12.2 Å². The molecule has 1 aromatic rings. The number of hydrogen-bond acceptors (Lipinski definition) is 1. The molecule has 0 amide bonds. The van der Waals surface area contributed by atoms with Gasteiger partial charge in [-0.05, 0) is 61.7 Å². The van der Waals surface area contributed by atoms with E-state index in [9.17, 15) is 13.2 Å². The maximum atomic E-state index is 14.8. The monoisotopic (exact) mass is 466 g/mol. The SMILES string of the molecule is C=CC1CC=C(c2ccc(CCC(=C)/C=C\C(=C)C(=C)/C(F)=C\C(=C)OCC)c(F)c2F)CC1. The van der Waals surface area contributed by atoms with E-state index >= 15 is 0 Å². The van der Waals surface area contributed by atoms with Gasteiger partial charge in [-0.25, -0.2) is 13.2 Å². The van der Waals surface area contributed by atoms with E-state index in [2.05, 4.69) is 32.9 Å². The van der Waals surface area contributed by atoms with Crippen LogP contribution in [-0.4, -0.2) is 6.61 Å². The molecule has 0 aliphatic heterocycles. The fraction of sp³-hybridized carbons (Fsp3) is 0.267. The van der Waals surface area contributed by atoms with Gasteiger partial charge >= 0.3 is 0 Å². The zero-order chi connectivity index (χ0) is 25.3. The van der Waals surface area contributed by atoms with Crippen LogP contribution in [0.4, 0.5) is 13.2 Å². The Morgan fingerprint density at radius 2 is 1.85 bits per heavy atom. The summed E-state index contributed by atoms with van der Waals surface area (Å²) < 4.78 is 48.8. The van der Waals surface area contributed by atoms with Crippen molar-refractivity contribution in [1.82, 2.24) is 0 Å². The van der Waals surface area contributed by atoms with Gasteiger partial charge in [0.1, 0.15) is 11.6 Å². The van der Waals surface area contributed by atoms with Gasteiger partial charge in [0.2, 0.25) is 0 Å². The summed E-state index contributed by atoms with van der Waals surface area (Å²) in [6.45, 7) is 21.0. The largest absolute Gasteiger partial charge is 0.494 e. The maximum absolute atomic E-state index is 14.8. The normalized spacial score (nSPS) is 16.2. The Morgan fingerprint density at radius 3 is 2.47 bits per heavy atom. The lowest BCUT2D eigenvalue weighted by molar-refractivity contribution is 0.243. The number of aryl methyl sites for hydroxylation is 1. The molecule has 1 nitrogen and oxygen atoms in total. The van der Waals surface area contributed by atoms with Crippen molar-refractivity contribution in [1.29, 1.82) is 0 Å². The quantitative estimate of drug-likeness (QED) is 0.170. The van der Waals surface area contributed by atoms with Crippen LogP contribution >= 0.6 is 0 Å². The number of hydrogen-bond donors (Lipinski definition) is 0. The summed E-state index contributed by atoms with van der Waals surface area (Å²) in [7, 11) is 0. The lowest BCUT2D eigenvalue weighted by Crippen LogP contribution is -2.05. The second kappa shape index (κ2) is 12.8. The maximum Gasteiger partial charge on any atom is 0.166 e. The van der Waals surface area contributed by atoms with Crippen LogP contribution in [0.15, 0.2) is 104 Å². The summed E-state index contributed by atoms with van der Waals surface area (Å²) in [5.41, 5.74) is 2.61. The van der Waals surface area contributed by atoms with Crippen LogP contribution in [0.1, 0.15) is 43.7 Å². The highest BCUT2D eigenvalue weighted by molar-refractivity contribution is 5.67. The van der Waals surface area contributed by atoms with E-state index < -0.39 is 17.5 Å². The van der Waals surface area contributed by atoms with Crippen molar-refractivity contribution in [3.8, 4) is 0 Å². The Bertz CT molecular complexity index is 1070. The van der Waals surface area contributed by atoms with Gasteiger partial charge in [-0.15, -0.1) is 6.58 Å². The average Bonchev–Trinajstić information content (AvgIpc) is 2.83. The molecule has 2 rings (SSSR count). The van der Waals surface area contributed by atoms with Crippen molar-refractivity contribution in [2.45, 2.75) is 39.0 Å². The minimum Gasteiger partial charge on any atom is -0.494 e. The molecule has 0 saturated heterocycles. The van der Waals surface area contributed by atoms with E-state index in [-0.39, 0.29) is 11.3 Å². The van der Waals surface area contributed by atoms with Gasteiger partial charge in [0.15, 0.2) is 11.6 Å². The summed E-state index contributed by atoms with van der Waals surface area (Å²) in [6, 6.07) is 3.29. The molecule has 4 heteroatoms. The number of benzene rings is 1. The molecule has 0 N–H and O–H groups in total. The highest BCUT2D eigenvalue weighted by Crippen LogP contribution is 2.33. The fourth-order valence-corrected chi connectivity index (χ4v) is 3.65. The Labute approximate surface area is 201 Å². The molecule has 0 bridgehead atoms. The first-order valence-electron chi connectivity index (χ1n) is 11.4. The van der Waals surface area contributed by atoms with E-state index in [1.54, 1.807) is 31.2 Å². The summed E-state index contributed by atoms with van der Waals surface area (Å²) >= 11 is 0. The summed E-state index contributed by atoms with van der Waals surface area (Å²) in [6.07, 6.45) is 11.4. The first kappa shape index (κ1) is 27.0. The van der Waals surface area contributed by atoms with Crippen molar-refractivity contribution in [2.24, 2.45) is 5.92 Å². The molecule has 1 aromatic carbocycles. The van der Waals surface area contributed by atoms with Gasteiger partial charge in [-0.2, -0.15) is 0 Å². The minimum atomic E-state index is -0.819. The molecule has 1 aliphatic carbocycles. The van der Waals surface area contributed by atoms with Crippen LogP contribution in [0.5, 0.6) is 0 Å². The van der Waals surface area contributed by atoms with Crippen LogP contribution in [-0.2, 0) is 11.2 Å². The smallest absolute Gasteiger partial charge is 0.166 e. The minimum absolute atomic E-state index is 0.102. The Kier molecular flexibility index (Phi) is 10.2. The van der Waals surface area contributed by atoms with Crippen LogP contribution < -0.4 is 0 Å². The Morgan fingerprint density at radius 1 is 1.12 bits per heavy atom. The van der Waals surface area contributed by atoms with Crippen molar-refractivity contribution in [3.63, 3.8) is 0 Å². The molecular formula is C30H33F3O. The van der Waals surface area contributed by atoms with E-state index in [0.29, 0.717) is 54.1 Å². The van der Waals surface area contributed by atoms with Crippen molar-refractivity contribution in [3.05, 3.63) is 126 Å². The number of rotatable bonds is 12. The van der Waals surface area contributed by atoms with Crippen LogP contribution in [0.3, 0.4) is 0 Å². The molecule has 0 spiro atoms. The zero-order valence-corrected chi connectivity index (χ0v) is 19.9. The van der Waals surface area contributed by atoms with Crippen LogP contribution in [0.25, 0.3) is 5.57 Å². The summed E-state index contributed by atoms with van der Waals surface area (Å²) in [4.78, 5) is 0. The van der Waals surface area contributed by atoms with E-state index in [4.69, 9.17) is 4.74 Å². The molecule has 1 unspecified atom stereocenters. The van der Waals surface area contributed by atoms with Gasteiger partial charge in [0, 0.05) is 17.2 Å². The van der Waals surface area contributed by atoms with Crippen molar-refractivity contribution < 1.29 is 17.9 Å². The lowest BCUT2D eigenvalue weighted by Gasteiger charge is -2.20. The molecule has 0 heterocycles. The van der Waals surface area contributed by atoms with Gasteiger partial charge < -0.3 is 4.74 Å². The second-order valence-corrected chi connectivity index (χ2v) is 8.29. The third-order valence-corrected chi connectivity index (χ3v) is 5.82. The molecule has 180 valence electrons. The fourth-order valence-electron chi connectivity index (χ4n) is 3.65. The van der Waals surface area contributed by atoms with Gasteiger partial charge in [0.05, 0.1) is 6.61 Å². The molecule has 1 aliphatic rings. The summed E-state index contributed by atoms with van der Waals surface area (Å²) in [5.74, 6) is -1.62. The molecule has 0 fully saturated rings. The first-order chi connectivity index (χ1) is 16.2. The Balaban J connectivity index is 1.97. The van der Waals surface area contributed by atoms with Gasteiger partial charge in [-0.3, -0.25) is 0 Å². The van der Waals surface area contributed by atoms with Crippen molar-refractivity contribution in [2.75, 3.05) is 6.61 Å². The number of ether oxygens (including phenoxy) is 1. The molecule has 0 radical (unpaired) electrons. The highest BCUT2D eigenvalue weighted by atomic mass is 19.2. The third-order valence-electron chi connectivity index (χ3n) is 5.82. The second-order valence-electron chi connectivity index (χ2n) is 8.29. The standard InChI is InChI=1S/C30H33F3O/c1-7-24-12-15-25(16-13-24)27-18-17-26(29(32)30(27)33)14-10-20(3)9-11-21(4)23(6)28(31)19-22(5)34-8-2/h7,9,11,15,17-19,24H,1,3-6,8,10,12-14,16H2,2H3/b11-9-,28-19+. The van der Waals surface area contributed by atoms with Crippen LogP contribution in [0.2, 0.25) is 0 Å². The first-order valence-corrected chi connectivity index (χ1v) is 11.4. The highest BCUT2D eigenvalue weighted by Gasteiger charge is 2.19. The molecule has 1 atom stereocenters. The van der Waals surface area contributed by atoms with Crippen molar-refractivity contribution >= 4 is 5.57 Å². The third kappa shape index (κ3) is 7.38. The predicted octanol–water partition coefficient (Wildman–Crippen LogP) is 8.90. The topological polar surface area (TPSA) is 9.23 Å². The predicted molar refractivity (Wildman–Crippen MR) is 137 cm³/mol. The van der Waals surface area contributed by atoms with E-state index in [1.165, 1.54) is 0 Å². The van der Waals surface area contributed by atoms with E-state index in [0.717, 1.165) is 24.5 Å². The van der Waals surface area contributed by atoms with Gasteiger partial charge in [0.25, 0.3) is 0 Å². The molecule has 0 aromatic heterocycles. The van der Waals surface area contributed by atoms with Gasteiger partial charge in [-0.1, -0.05) is 68.3 Å². The average molecular weight is 467 g/mol. The zero-order valence-electron chi connectivity index (χ0n) is 19.9. The van der Waals surface area contributed by atoms with Crippen LogP contribution in [0, 0.1) is 17.6 Å². The lowest BCUT2D eigenvalue weighted by atomic mass is 9.86. The number of halogens is 3. The molecule has 0 saturated carbocycles. The Hall–Kier alpha value is -3.27. The number of allylic oxidation sites excluding steroid dienone is 10. The molecule has 34 heavy (non-hydrogen) atoms. The summed E-state index contributed by atoms with van der Waals surface area (Å²) in [5, 5.41) is 0. The molecular weight excluding hydrogens is 433 g/mol.